The predicted molar refractivity (Wildman–Crippen MR) is 328 cm³/mol. The third-order valence-electron chi connectivity index (χ3n) is 15.6. The second kappa shape index (κ2) is 20.3. The molecule has 11 rings (SSSR count). The monoisotopic (exact) mass is 1180 g/mol. The molecule has 9 aromatic carbocycles. The van der Waals surface area contributed by atoms with Crippen molar-refractivity contribution in [3.63, 3.8) is 0 Å². The summed E-state index contributed by atoms with van der Waals surface area (Å²) in [4.78, 5) is 5.23. The first-order valence-electron chi connectivity index (χ1n) is 27.1. The van der Waals surface area contributed by atoms with Crippen LogP contribution in [-0.4, -0.2) is 4.98 Å². The fraction of sp³-hybridized carbons (Fsp3) is 0.213. The van der Waals surface area contributed by atoms with Gasteiger partial charge >= 0.3 is 0 Å². The maximum Gasteiger partial charge on any atom is 0.0607 e. The van der Waals surface area contributed by atoms with Crippen LogP contribution >= 0.6 is 0 Å². The van der Waals surface area contributed by atoms with Gasteiger partial charge in [0.15, 0.2) is 0 Å². The molecule has 0 aliphatic heterocycles. The summed E-state index contributed by atoms with van der Waals surface area (Å²) in [5.74, 6) is 0. The molecule has 1 aliphatic rings. The van der Waals surface area contributed by atoms with Gasteiger partial charge < -0.3 is 0 Å². The van der Waals surface area contributed by atoms with Crippen LogP contribution in [0, 0.1) is 6.07 Å². The van der Waals surface area contributed by atoms with Crippen LogP contribution in [0.3, 0.4) is 0 Å². The molecule has 77 heavy (non-hydrogen) atoms. The van der Waals surface area contributed by atoms with Crippen LogP contribution in [0.15, 0.2) is 194 Å². The van der Waals surface area contributed by atoms with E-state index in [1.807, 2.05) is 0 Å². The molecule has 1 aliphatic carbocycles. The largest absolute Gasteiger partial charge is 0.296 e. The van der Waals surface area contributed by atoms with Crippen LogP contribution in [0.5, 0.6) is 0 Å². The number of hydrogen-bond donors (Lipinski definition) is 0. The molecular weight excluding hydrogens is 1110 g/mol. The first-order chi connectivity index (χ1) is 36.1. The zero-order chi connectivity index (χ0) is 53.3. The smallest absolute Gasteiger partial charge is 0.0607 e. The molecular formula is C75H70IrN-. The summed E-state index contributed by atoms with van der Waals surface area (Å²) in [5.41, 5.74) is 27.2. The van der Waals surface area contributed by atoms with Crippen molar-refractivity contribution in [2.75, 3.05) is 0 Å². The summed E-state index contributed by atoms with van der Waals surface area (Å²) in [6.07, 6.45) is 4.41. The Morgan fingerprint density at radius 3 is 0.948 bits per heavy atom. The SMILES string of the molecule is CC(C)(C)c1ccc(-c2cc(-c3ccc(C(C)(C)C)cc3)cc(-c3cc(-c4cc[c-]c(-c5cc6c7c(cccc7n5)C=C6)c4)cc(-c4cc(-c5ccc(C(C)(C)C)cc5)cc(-c5ccc(C(C)(C)C)cc5)c4)c3)c2)cc1.[Ir]. The molecule has 1 nitrogen and oxygen atoms in total. The molecule has 1 heterocycles. The van der Waals surface area contributed by atoms with Gasteiger partial charge in [-0.1, -0.05) is 210 Å². The molecule has 385 valence electrons. The Labute approximate surface area is 472 Å². The fourth-order valence-corrected chi connectivity index (χ4v) is 10.8. The number of aromatic nitrogens is 1. The van der Waals surface area contributed by atoms with Crippen LogP contribution in [0.2, 0.25) is 0 Å². The van der Waals surface area contributed by atoms with Gasteiger partial charge in [0, 0.05) is 25.5 Å². The summed E-state index contributed by atoms with van der Waals surface area (Å²) in [5, 5.41) is 1.22. The molecule has 0 saturated carbocycles. The van der Waals surface area contributed by atoms with Gasteiger partial charge in [-0.15, -0.1) is 35.4 Å². The average Bonchev–Trinajstić information content (AvgIpc) is 3.85. The average molecular weight is 1180 g/mol. The summed E-state index contributed by atoms with van der Waals surface area (Å²) < 4.78 is 0. The van der Waals surface area contributed by atoms with Crippen molar-refractivity contribution in [3.05, 3.63) is 234 Å². The molecule has 0 N–H and O–H groups in total. The quantitative estimate of drug-likeness (QED) is 0.138. The molecule has 1 aromatic heterocycles. The van der Waals surface area contributed by atoms with Gasteiger partial charge in [-0.3, -0.25) is 4.98 Å². The van der Waals surface area contributed by atoms with Crippen LogP contribution in [0.25, 0.3) is 112 Å². The molecule has 0 fully saturated rings. The topological polar surface area (TPSA) is 12.9 Å². The zero-order valence-corrected chi connectivity index (χ0v) is 49.3. The predicted octanol–water partition coefficient (Wildman–Crippen LogP) is 21.0. The zero-order valence-electron chi connectivity index (χ0n) is 46.9. The molecule has 0 amide bonds. The summed E-state index contributed by atoms with van der Waals surface area (Å²) in [6, 6.07) is 77.1. The molecule has 0 bridgehead atoms. The van der Waals surface area contributed by atoms with E-state index in [1.54, 1.807) is 0 Å². The van der Waals surface area contributed by atoms with E-state index in [0.717, 1.165) is 50.2 Å². The van der Waals surface area contributed by atoms with Gasteiger partial charge in [0.25, 0.3) is 0 Å². The Balaban J connectivity index is 0.00000672. The maximum atomic E-state index is 5.23. The van der Waals surface area contributed by atoms with Crippen molar-refractivity contribution < 1.29 is 20.1 Å². The van der Waals surface area contributed by atoms with Crippen molar-refractivity contribution in [2.24, 2.45) is 0 Å². The third-order valence-corrected chi connectivity index (χ3v) is 15.6. The van der Waals surface area contributed by atoms with E-state index in [2.05, 4.69) is 295 Å². The number of nitrogens with zero attached hydrogens (tertiary/aromatic N) is 1. The first kappa shape index (κ1) is 53.2. The van der Waals surface area contributed by atoms with E-state index in [9.17, 15) is 0 Å². The van der Waals surface area contributed by atoms with Crippen molar-refractivity contribution in [2.45, 2.75) is 105 Å². The molecule has 0 spiro atoms. The minimum atomic E-state index is 0. The summed E-state index contributed by atoms with van der Waals surface area (Å²) in [7, 11) is 0. The number of rotatable bonds is 8. The van der Waals surface area contributed by atoms with E-state index in [0.29, 0.717) is 0 Å². The normalized spacial score (nSPS) is 12.5. The summed E-state index contributed by atoms with van der Waals surface area (Å²) >= 11 is 0. The Morgan fingerprint density at radius 1 is 0.299 bits per heavy atom. The molecule has 0 saturated heterocycles. The fourth-order valence-electron chi connectivity index (χ4n) is 10.8. The molecule has 10 aromatic rings. The molecule has 2 heteroatoms. The van der Waals surface area contributed by atoms with Gasteiger partial charge in [-0.25, -0.2) is 0 Å². The molecule has 1 radical (unpaired) electrons. The third kappa shape index (κ3) is 11.2. The van der Waals surface area contributed by atoms with Crippen molar-refractivity contribution in [3.8, 4) is 89.1 Å². The van der Waals surface area contributed by atoms with Gasteiger partial charge in [0.2, 0.25) is 0 Å². The second-order valence-electron chi connectivity index (χ2n) is 25.4. The van der Waals surface area contributed by atoms with Crippen LogP contribution in [-0.2, 0) is 41.8 Å². The molecule has 0 unspecified atom stereocenters. The Hall–Kier alpha value is -7.22. The van der Waals surface area contributed by atoms with Crippen LogP contribution in [0.1, 0.15) is 116 Å². The first-order valence-corrected chi connectivity index (χ1v) is 27.1. The summed E-state index contributed by atoms with van der Waals surface area (Å²) in [6.45, 7) is 27.4. The number of pyridine rings is 1. The minimum absolute atomic E-state index is 0. The standard InChI is InChI=1S/C75H70N.Ir/c1-72(2,3)65-29-21-48(22-30-65)56-38-57(49-23-31-66(32-24-49)73(4,5)6)41-61(40-56)63-44-60(53-16-13-17-54(37-53)70-47-55-20-19-52-15-14-18-69(76-70)71(52)55)45-64(46-63)62-42-58(50-25-33-67(34-26-50)74(7,8)9)39-59(43-62)51-27-35-68(36-28-51)75(10,11)12;/h13-16,18-47H,1-12H3;/q-1;. The molecule has 0 atom stereocenters. The van der Waals surface area contributed by atoms with Gasteiger partial charge in [-0.05, 0) is 194 Å². The van der Waals surface area contributed by atoms with E-state index in [4.69, 9.17) is 4.98 Å². The van der Waals surface area contributed by atoms with Gasteiger partial charge in [-0.2, -0.15) is 0 Å². The van der Waals surface area contributed by atoms with E-state index in [1.165, 1.54) is 83.3 Å². The van der Waals surface area contributed by atoms with E-state index >= 15 is 0 Å². The van der Waals surface area contributed by atoms with Gasteiger partial charge in [0.1, 0.15) is 0 Å². The Bertz CT molecular complexity index is 3510. The maximum absolute atomic E-state index is 5.23. The van der Waals surface area contributed by atoms with Crippen molar-refractivity contribution in [1.82, 2.24) is 4.98 Å². The van der Waals surface area contributed by atoms with Gasteiger partial charge in [0.05, 0.1) is 5.52 Å². The Kier molecular flexibility index (Phi) is 14.0. The van der Waals surface area contributed by atoms with E-state index in [-0.39, 0.29) is 41.8 Å². The second-order valence-corrected chi connectivity index (χ2v) is 25.4. The van der Waals surface area contributed by atoms with Crippen molar-refractivity contribution >= 4 is 23.1 Å². The van der Waals surface area contributed by atoms with Crippen LogP contribution in [0.4, 0.5) is 0 Å². The van der Waals surface area contributed by atoms with Crippen LogP contribution < -0.4 is 0 Å². The van der Waals surface area contributed by atoms with E-state index < -0.39 is 0 Å². The number of hydrogen-bond acceptors (Lipinski definition) is 1. The number of benzene rings is 9. The minimum Gasteiger partial charge on any atom is -0.296 e. The Morgan fingerprint density at radius 2 is 0.610 bits per heavy atom. The van der Waals surface area contributed by atoms with Crippen molar-refractivity contribution in [1.29, 1.82) is 0 Å².